The van der Waals surface area contributed by atoms with E-state index >= 15 is 0 Å². The highest BCUT2D eigenvalue weighted by Crippen LogP contribution is 2.34. The first-order valence-electron chi connectivity index (χ1n) is 7.44. The number of nitrogens with zero attached hydrogens (tertiary/aromatic N) is 1. The number of hydrogen-bond donors (Lipinski definition) is 5. The van der Waals surface area contributed by atoms with Crippen LogP contribution in [0.25, 0.3) is 0 Å². The number of aliphatic hydroxyl groups is 1. The summed E-state index contributed by atoms with van der Waals surface area (Å²) in [4.78, 5) is 41.8. The van der Waals surface area contributed by atoms with E-state index in [1.165, 1.54) is 5.06 Å². The van der Waals surface area contributed by atoms with Gasteiger partial charge in [0.15, 0.2) is 5.60 Å². The minimum Gasteiger partial charge on any atom is -0.481 e. The lowest BCUT2D eigenvalue weighted by Crippen LogP contribution is -2.59. The first-order valence-corrected chi connectivity index (χ1v) is 7.44. The molecule has 0 unspecified atom stereocenters. The Kier molecular flexibility index (Phi) is 7.25. The highest BCUT2D eigenvalue weighted by molar-refractivity contribution is 5.88. The Morgan fingerprint density at radius 3 is 1.52 bits per heavy atom. The van der Waals surface area contributed by atoms with Gasteiger partial charge in [-0.25, -0.2) is 4.79 Å². The van der Waals surface area contributed by atoms with Gasteiger partial charge in [0.05, 0.1) is 12.8 Å². The summed E-state index contributed by atoms with van der Waals surface area (Å²) >= 11 is 0. The molecule has 0 aromatic rings. The summed E-state index contributed by atoms with van der Waals surface area (Å²) in [6.45, 7) is 7.52. The Morgan fingerprint density at radius 2 is 1.28 bits per heavy atom. The molecule has 0 aliphatic carbocycles. The molecule has 0 aromatic carbocycles. The summed E-state index contributed by atoms with van der Waals surface area (Å²) < 4.78 is 0. The van der Waals surface area contributed by atoms with E-state index < -0.39 is 47.4 Å². The molecule has 0 radical (unpaired) electrons. The van der Waals surface area contributed by atoms with Crippen molar-refractivity contribution in [1.82, 2.24) is 5.06 Å². The summed E-state index contributed by atoms with van der Waals surface area (Å²) in [7, 11) is 0. The van der Waals surface area contributed by atoms with Gasteiger partial charge in [-0.15, -0.1) is 0 Å². The number of carboxylic acids is 3. The zero-order chi connectivity index (χ0) is 20.2. The monoisotopic (exact) mass is 363 g/mol. The average Bonchev–Trinajstić information content (AvgIpc) is 2.33. The van der Waals surface area contributed by atoms with Gasteiger partial charge in [0.25, 0.3) is 0 Å². The number of rotatable bonds is 5. The number of piperidine rings is 1. The molecule has 0 saturated carbocycles. The van der Waals surface area contributed by atoms with Crippen molar-refractivity contribution in [3.63, 3.8) is 0 Å². The molecular formula is C15H25NO9. The Balaban J connectivity index is 0.000000462. The number of aliphatic carboxylic acids is 3. The molecular weight excluding hydrogens is 338 g/mol. The molecule has 1 aliphatic rings. The van der Waals surface area contributed by atoms with Crippen LogP contribution < -0.4 is 0 Å². The van der Waals surface area contributed by atoms with Gasteiger partial charge in [-0.1, -0.05) is 0 Å². The van der Waals surface area contributed by atoms with Crippen LogP contribution in [-0.2, 0) is 19.2 Å². The van der Waals surface area contributed by atoms with Gasteiger partial charge in [-0.3, -0.25) is 14.4 Å². The summed E-state index contributed by atoms with van der Waals surface area (Å²) in [5.41, 5.74) is -3.57. The molecule has 1 saturated heterocycles. The lowest BCUT2D eigenvalue weighted by atomic mass is 9.81. The van der Waals surface area contributed by atoms with E-state index in [9.17, 15) is 24.4 Å². The Bertz CT molecular complexity index is 517. The van der Waals surface area contributed by atoms with E-state index in [0.717, 1.165) is 0 Å². The minimum atomic E-state index is -2.74. The van der Waals surface area contributed by atoms with Crippen molar-refractivity contribution >= 4 is 23.7 Å². The second-order valence-corrected chi connectivity index (χ2v) is 7.31. The van der Waals surface area contributed by atoms with Gasteiger partial charge in [-0.05, 0) is 27.7 Å². The maximum atomic E-state index is 11.3. The molecule has 0 spiro atoms. The molecule has 0 aromatic heterocycles. The molecule has 1 aliphatic heterocycles. The van der Waals surface area contributed by atoms with E-state index in [2.05, 4.69) is 0 Å². The molecule has 5 N–H and O–H groups in total. The quantitative estimate of drug-likeness (QED) is 0.458. The van der Waals surface area contributed by atoms with Crippen molar-refractivity contribution in [2.75, 3.05) is 0 Å². The zero-order valence-corrected chi connectivity index (χ0v) is 14.6. The van der Waals surface area contributed by atoms with E-state index in [-0.39, 0.29) is 5.78 Å². The van der Waals surface area contributed by atoms with Gasteiger partial charge < -0.3 is 25.6 Å². The summed E-state index contributed by atoms with van der Waals surface area (Å²) in [5.74, 6) is -4.79. The minimum absolute atomic E-state index is 0.232. The van der Waals surface area contributed by atoms with Crippen LogP contribution in [0.15, 0.2) is 0 Å². The Labute approximate surface area is 144 Å². The third kappa shape index (κ3) is 6.77. The maximum Gasteiger partial charge on any atom is 0.336 e. The van der Waals surface area contributed by atoms with E-state index in [0.29, 0.717) is 12.8 Å². The van der Waals surface area contributed by atoms with Crippen molar-refractivity contribution in [3.8, 4) is 0 Å². The van der Waals surface area contributed by atoms with Crippen molar-refractivity contribution in [2.24, 2.45) is 0 Å². The van der Waals surface area contributed by atoms with Crippen molar-refractivity contribution in [2.45, 2.75) is 70.1 Å². The molecule has 0 bridgehead atoms. The van der Waals surface area contributed by atoms with E-state index in [1.54, 1.807) is 0 Å². The molecule has 10 heteroatoms. The van der Waals surface area contributed by atoms with Crippen LogP contribution in [-0.4, -0.2) is 71.1 Å². The van der Waals surface area contributed by atoms with Crippen LogP contribution in [0.2, 0.25) is 0 Å². The number of ketones is 1. The normalized spacial score (nSPS) is 19.5. The topological polar surface area (TPSA) is 173 Å². The van der Waals surface area contributed by atoms with Crippen molar-refractivity contribution < 1.29 is 44.8 Å². The van der Waals surface area contributed by atoms with Gasteiger partial charge in [0.1, 0.15) is 5.78 Å². The number of hydroxylamine groups is 2. The largest absolute Gasteiger partial charge is 0.481 e. The number of hydrogen-bond acceptors (Lipinski definition) is 7. The Hall–Kier alpha value is -2.04. The van der Waals surface area contributed by atoms with Crippen LogP contribution >= 0.6 is 0 Å². The second-order valence-electron chi connectivity index (χ2n) is 7.31. The second kappa shape index (κ2) is 7.89. The maximum absolute atomic E-state index is 11.3. The highest BCUT2D eigenvalue weighted by Gasteiger charge is 2.44. The zero-order valence-electron chi connectivity index (χ0n) is 14.6. The fourth-order valence-corrected chi connectivity index (χ4v) is 2.71. The lowest BCUT2D eigenvalue weighted by molar-refractivity contribution is -0.236. The Morgan fingerprint density at radius 1 is 0.960 bits per heavy atom. The number of carbonyl (C=O) groups is 4. The standard InChI is InChI=1S/C9H17NO2.C6H8O7/c1-8(2)5-7(11)6-9(3,4)10(8)12;7-3(8)1-6(13,5(11)12)2-4(9)10/h12H,5-6H2,1-4H3;13H,1-2H2,(H,7,8)(H,9,10)(H,11,12). The van der Waals surface area contributed by atoms with Gasteiger partial charge in [0, 0.05) is 23.9 Å². The molecule has 1 rings (SSSR count). The van der Waals surface area contributed by atoms with Crippen LogP contribution in [0.5, 0.6) is 0 Å². The molecule has 10 nitrogen and oxygen atoms in total. The number of Topliss-reactive ketones (excluding diaryl/α,β-unsaturated/α-hetero) is 1. The average molecular weight is 363 g/mol. The molecule has 1 heterocycles. The summed E-state index contributed by atoms with van der Waals surface area (Å²) in [5, 5.41) is 44.9. The van der Waals surface area contributed by atoms with Gasteiger partial charge >= 0.3 is 17.9 Å². The molecule has 25 heavy (non-hydrogen) atoms. The summed E-state index contributed by atoms with van der Waals surface area (Å²) in [6.07, 6.45) is -1.41. The number of carboxylic acid groups (broad SMARTS) is 3. The number of carbonyl (C=O) groups excluding carboxylic acids is 1. The lowest BCUT2D eigenvalue weighted by Gasteiger charge is -2.47. The molecule has 144 valence electrons. The van der Waals surface area contributed by atoms with Crippen molar-refractivity contribution in [1.29, 1.82) is 0 Å². The van der Waals surface area contributed by atoms with Crippen LogP contribution in [0.1, 0.15) is 53.4 Å². The van der Waals surface area contributed by atoms with Crippen LogP contribution in [0, 0.1) is 0 Å². The fraction of sp³-hybridized carbons (Fsp3) is 0.733. The fourth-order valence-electron chi connectivity index (χ4n) is 2.71. The SMILES string of the molecule is CC1(C)CC(=O)CC(C)(C)N1O.O=C(O)CC(O)(CC(=O)O)C(=O)O. The van der Waals surface area contributed by atoms with E-state index in [1.807, 2.05) is 27.7 Å². The molecule has 0 atom stereocenters. The van der Waals surface area contributed by atoms with Gasteiger partial charge in [0.2, 0.25) is 0 Å². The first-order chi connectivity index (χ1) is 11.0. The third-order valence-corrected chi connectivity index (χ3v) is 3.69. The predicted octanol–water partition coefficient (Wildman–Crippen LogP) is 0.349. The van der Waals surface area contributed by atoms with E-state index in [4.69, 9.17) is 20.4 Å². The molecule has 0 amide bonds. The highest BCUT2D eigenvalue weighted by atomic mass is 16.5. The first kappa shape index (κ1) is 23.0. The van der Waals surface area contributed by atoms with Gasteiger partial charge in [-0.2, -0.15) is 5.06 Å². The predicted molar refractivity (Wildman–Crippen MR) is 83.1 cm³/mol. The third-order valence-electron chi connectivity index (χ3n) is 3.69. The summed E-state index contributed by atoms with van der Waals surface area (Å²) in [6, 6.07) is 0. The van der Waals surface area contributed by atoms with Crippen LogP contribution in [0.3, 0.4) is 0 Å². The van der Waals surface area contributed by atoms with Crippen molar-refractivity contribution in [3.05, 3.63) is 0 Å². The molecule has 1 fully saturated rings. The smallest absolute Gasteiger partial charge is 0.336 e. The van der Waals surface area contributed by atoms with Crippen LogP contribution in [0.4, 0.5) is 0 Å².